The van der Waals surface area contributed by atoms with E-state index in [1.165, 1.54) is 62.2 Å². The fourth-order valence-corrected chi connectivity index (χ4v) is 24.1. The topological polar surface area (TPSA) is 9.23 Å². The van der Waals surface area contributed by atoms with Crippen molar-refractivity contribution in [2.24, 2.45) is 0 Å². The fourth-order valence-electron chi connectivity index (χ4n) is 5.54. The normalized spacial score (nSPS) is 13.2. The maximum absolute atomic E-state index is 7.03. The van der Waals surface area contributed by atoms with Crippen LogP contribution >= 0.6 is 0 Å². The van der Waals surface area contributed by atoms with Gasteiger partial charge in [0.1, 0.15) is 0 Å². The molecule has 0 heterocycles. The average Bonchev–Trinajstić information content (AvgIpc) is 2.89. The van der Waals surface area contributed by atoms with Crippen molar-refractivity contribution in [1.29, 1.82) is 0 Å². The van der Waals surface area contributed by atoms with Crippen LogP contribution in [0.5, 0.6) is 0 Å². The van der Waals surface area contributed by atoms with Crippen molar-refractivity contribution in [1.82, 2.24) is 0 Å². The Bertz CT molecular complexity index is 837. The van der Waals surface area contributed by atoms with Gasteiger partial charge in [-0.25, -0.2) is 0 Å². The van der Waals surface area contributed by atoms with Gasteiger partial charge in [-0.1, -0.05) is 0 Å². The van der Waals surface area contributed by atoms with Crippen molar-refractivity contribution >= 4 is 37.1 Å². The first-order chi connectivity index (χ1) is 17.3. The summed E-state index contributed by atoms with van der Waals surface area (Å²) in [5.74, 6) is 0. The number of unbranched alkanes of at least 4 members (excludes halogenated alkanes) is 3. The summed E-state index contributed by atoms with van der Waals surface area (Å²) in [6.45, 7) is 14.7. The van der Waals surface area contributed by atoms with Crippen LogP contribution in [0, 0.1) is 0 Å². The van der Waals surface area contributed by atoms with Gasteiger partial charge in [0.15, 0.2) is 0 Å². The maximum atomic E-state index is 7.03. The molecule has 2 aromatic carbocycles. The van der Waals surface area contributed by atoms with Crippen LogP contribution in [0.1, 0.15) is 80.1 Å². The quantitative estimate of drug-likeness (QED) is 0.136. The van der Waals surface area contributed by atoms with Gasteiger partial charge in [-0.15, -0.1) is 0 Å². The molecule has 0 unspecified atom stereocenters. The summed E-state index contributed by atoms with van der Waals surface area (Å²) in [5.41, 5.74) is 0. The zero-order valence-corrected chi connectivity index (χ0v) is 27.9. The molecular weight excluding hydrogens is 559 g/mol. The molecule has 3 heteroatoms. The monoisotopic (exact) mass is 612 g/mol. The van der Waals surface area contributed by atoms with E-state index in [1.807, 2.05) is 0 Å². The molecule has 0 fully saturated rings. The van der Waals surface area contributed by atoms with E-state index in [-0.39, 0.29) is 5.04 Å². The summed E-state index contributed by atoms with van der Waals surface area (Å²) < 4.78 is 14.3. The molecule has 0 aromatic heterocycles. The zero-order valence-electron chi connectivity index (χ0n) is 24.1. The van der Waals surface area contributed by atoms with Crippen LogP contribution in [0.3, 0.4) is 0 Å². The second kappa shape index (κ2) is 16.0. The molecule has 0 atom stereocenters. The van der Waals surface area contributed by atoms with Crippen molar-refractivity contribution in [3.8, 4) is 0 Å². The third-order valence-corrected chi connectivity index (χ3v) is 26.7. The van der Waals surface area contributed by atoms with Gasteiger partial charge in [-0.2, -0.15) is 0 Å². The Hall–Kier alpha value is -1.10. The second-order valence-corrected chi connectivity index (χ2v) is 28.7. The van der Waals surface area contributed by atoms with E-state index in [9.17, 15) is 0 Å². The molecule has 198 valence electrons. The van der Waals surface area contributed by atoms with Crippen molar-refractivity contribution in [2.75, 3.05) is 6.61 Å². The summed E-state index contributed by atoms with van der Waals surface area (Å²) in [5, 5.41) is 2.72. The molecule has 0 aliphatic heterocycles. The van der Waals surface area contributed by atoms with E-state index in [4.69, 9.17) is 4.43 Å². The van der Waals surface area contributed by atoms with Gasteiger partial charge in [0, 0.05) is 0 Å². The molecule has 0 amide bonds. The Kier molecular flexibility index (Phi) is 13.8. The van der Waals surface area contributed by atoms with E-state index in [2.05, 4.69) is 125 Å². The predicted octanol–water partition coefficient (Wildman–Crippen LogP) is 9.06. The van der Waals surface area contributed by atoms with Gasteiger partial charge in [-0.05, 0) is 0 Å². The van der Waals surface area contributed by atoms with E-state index in [0.717, 1.165) is 0 Å². The van der Waals surface area contributed by atoms with E-state index < -0.39 is 26.7 Å². The molecule has 1 nitrogen and oxygen atoms in total. The van der Waals surface area contributed by atoms with E-state index in [1.54, 1.807) is 0 Å². The summed E-state index contributed by atoms with van der Waals surface area (Å²) in [4.78, 5) is 0. The number of benzene rings is 2. The molecular formula is C33H52OSiSn. The van der Waals surface area contributed by atoms with Crippen molar-refractivity contribution in [3.63, 3.8) is 0 Å². The van der Waals surface area contributed by atoms with Crippen molar-refractivity contribution < 1.29 is 4.43 Å². The first kappa shape index (κ1) is 31.1. The van der Waals surface area contributed by atoms with Gasteiger partial charge in [0.05, 0.1) is 0 Å². The van der Waals surface area contributed by atoms with Crippen LogP contribution in [-0.4, -0.2) is 33.3 Å². The molecule has 36 heavy (non-hydrogen) atoms. The van der Waals surface area contributed by atoms with Crippen LogP contribution in [-0.2, 0) is 4.43 Å². The SMILES string of the molecule is CCC[CH2][Sn](/[CH]=C/C=C/CO[Si](c1ccccc1)(c1ccccc1)C(C)(C)C)([CH2]CCC)[CH2]CCC. The number of hydrogen-bond donors (Lipinski definition) is 0. The number of hydrogen-bond acceptors (Lipinski definition) is 1. The Morgan fingerprint density at radius 2 is 1.14 bits per heavy atom. The number of rotatable bonds is 16. The van der Waals surface area contributed by atoms with Gasteiger partial charge < -0.3 is 0 Å². The molecule has 2 aromatic rings. The third-order valence-electron chi connectivity index (χ3n) is 7.59. The minimum atomic E-state index is -2.46. The molecule has 0 aliphatic carbocycles. The average molecular weight is 612 g/mol. The van der Waals surface area contributed by atoms with Crippen molar-refractivity contribution in [2.45, 2.75) is 98.4 Å². The Morgan fingerprint density at radius 1 is 0.694 bits per heavy atom. The molecule has 0 saturated heterocycles. The van der Waals surface area contributed by atoms with E-state index >= 15 is 0 Å². The minimum absolute atomic E-state index is 0.0193. The van der Waals surface area contributed by atoms with Crippen LogP contribution in [0.4, 0.5) is 0 Å². The van der Waals surface area contributed by atoms with Crippen LogP contribution in [0.2, 0.25) is 18.3 Å². The molecule has 0 bridgehead atoms. The standard InChI is InChI=1S/C21H25OSi.3C4H9.Sn/c1-5-6-13-18-22-23(21(2,3)4,19-14-9-7-10-15-19)20-16-11-8-12-17-20;3*1-3-4-2;/h1,5-17H,18H2,2-4H3;3*1,3-4H2,2H3;/b5-1?,13-6+;;;;. The van der Waals surface area contributed by atoms with Crippen LogP contribution in [0.15, 0.2) is 83.0 Å². The summed E-state index contributed by atoms with van der Waals surface area (Å²) in [6, 6.07) is 21.9. The van der Waals surface area contributed by atoms with Gasteiger partial charge in [-0.3, -0.25) is 0 Å². The van der Waals surface area contributed by atoms with Gasteiger partial charge in [0.2, 0.25) is 0 Å². The summed E-state index contributed by atoms with van der Waals surface area (Å²) in [7, 11) is -2.46. The molecule has 0 N–H and O–H groups in total. The Balaban J connectivity index is 2.27. The fraction of sp³-hybridized carbons (Fsp3) is 0.515. The summed E-state index contributed by atoms with van der Waals surface area (Å²) >= 11 is -2.23. The van der Waals surface area contributed by atoms with Gasteiger partial charge >= 0.3 is 230 Å². The molecule has 2 rings (SSSR count). The second-order valence-electron chi connectivity index (χ2n) is 11.4. The zero-order chi connectivity index (χ0) is 26.3. The molecule has 0 saturated carbocycles. The number of allylic oxidation sites excluding steroid dienone is 2. The Labute approximate surface area is 228 Å². The van der Waals surface area contributed by atoms with Crippen LogP contribution in [0.25, 0.3) is 0 Å². The van der Waals surface area contributed by atoms with E-state index in [0.29, 0.717) is 6.61 Å². The summed E-state index contributed by atoms with van der Waals surface area (Å²) in [6.07, 6.45) is 15.2. The van der Waals surface area contributed by atoms with Crippen LogP contribution < -0.4 is 10.4 Å². The Morgan fingerprint density at radius 3 is 1.53 bits per heavy atom. The molecule has 0 radical (unpaired) electrons. The predicted molar refractivity (Wildman–Crippen MR) is 167 cm³/mol. The first-order valence-corrected chi connectivity index (χ1v) is 24.1. The first-order valence-electron chi connectivity index (χ1n) is 14.4. The molecule has 0 spiro atoms. The molecule has 0 aliphatic rings. The van der Waals surface area contributed by atoms with Crippen molar-refractivity contribution in [3.05, 3.63) is 83.0 Å². The van der Waals surface area contributed by atoms with Gasteiger partial charge in [0.25, 0.3) is 0 Å². The third kappa shape index (κ3) is 8.74.